The molecule has 0 aliphatic rings. The molecule has 0 saturated heterocycles. The molecule has 8 heteroatoms. The molecule has 0 aliphatic carbocycles. The van der Waals surface area contributed by atoms with E-state index in [1.807, 2.05) is 12.1 Å². The number of benzene rings is 1. The highest BCUT2D eigenvalue weighted by atomic mass is 32.1. The van der Waals surface area contributed by atoms with Crippen LogP contribution in [0.2, 0.25) is 0 Å². The molecule has 0 radical (unpaired) electrons. The highest BCUT2D eigenvalue weighted by Crippen LogP contribution is 2.22. The lowest BCUT2D eigenvalue weighted by Gasteiger charge is -2.13. The van der Waals surface area contributed by atoms with Crippen LogP contribution in [0.15, 0.2) is 42.6 Å². The fourth-order valence-electron chi connectivity index (χ4n) is 2.01. The molecule has 0 spiro atoms. The first kappa shape index (κ1) is 15.0. The zero-order valence-corrected chi connectivity index (χ0v) is 13.2. The molecular weight excluding hydrogens is 312 g/mol. The number of rotatable bonds is 2. The summed E-state index contributed by atoms with van der Waals surface area (Å²) in [5.41, 5.74) is 8.99. The number of thiol groups is 1. The van der Waals surface area contributed by atoms with Gasteiger partial charge in [0.25, 0.3) is 0 Å². The largest absolute Gasteiger partial charge is 0.399 e. The summed E-state index contributed by atoms with van der Waals surface area (Å²) in [5, 5.41) is 2.48. The Bertz CT molecular complexity index is 867. The normalized spacial score (nSPS) is 10.5. The molecule has 2 heterocycles. The smallest absolute Gasteiger partial charge is 0.332 e. The SMILES string of the molecule is CNC(=O)N(S)c1ccc2ncc(-c3ccc(N)cc3)nc2n1. The van der Waals surface area contributed by atoms with E-state index in [4.69, 9.17) is 5.73 Å². The van der Waals surface area contributed by atoms with Gasteiger partial charge in [0, 0.05) is 18.3 Å². The van der Waals surface area contributed by atoms with E-state index in [0.717, 1.165) is 9.87 Å². The number of hydrogen-bond acceptors (Lipinski definition) is 6. The van der Waals surface area contributed by atoms with Crippen LogP contribution in [0.25, 0.3) is 22.4 Å². The molecule has 23 heavy (non-hydrogen) atoms. The van der Waals surface area contributed by atoms with Crippen LogP contribution in [0.5, 0.6) is 0 Å². The minimum absolute atomic E-state index is 0.365. The number of pyridine rings is 1. The van der Waals surface area contributed by atoms with Gasteiger partial charge in [-0.2, -0.15) is 0 Å². The third-order valence-corrected chi connectivity index (χ3v) is 3.61. The quantitative estimate of drug-likeness (QED) is 0.496. The average Bonchev–Trinajstić information content (AvgIpc) is 2.60. The summed E-state index contributed by atoms with van der Waals surface area (Å²) in [6, 6.07) is 10.3. The fraction of sp³-hybridized carbons (Fsp3) is 0.0667. The summed E-state index contributed by atoms with van der Waals surface area (Å²) in [6.45, 7) is 0. The number of fused-ring (bicyclic) bond motifs is 1. The maximum Gasteiger partial charge on any atom is 0.332 e. The lowest BCUT2D eigenvalue weighted by molar-refractivity contribution is 0.251. The van der Waals surface area contributed by atoms with Gasteiger partial charge in [0.05, 0.1) is 11.9 Å². The van der Waals surface area contributed by atoms with Crippen molar-refractivity contribution in [3.05, 3.63) is 42.6 Å². The molecule has 3 rings (SSSR count). The number of aromatic nitrogens is 3. The van der Waals surface area contributed by atoms with Gasteiger partial charge < -0.3 is 11.1 Å². The molecule has 0 bridgehead atoms. The van der Waals surface area contributed by atoms with Crippen molar-refractivity contribution in [1.29, 1.82) is 0 Å². The Balaban J connectivity index is 2.04. The number of anilines is 2. The van der Waals surface area contributed by atoms with Crippen LogP contribution in [0.4, 0.5) is 16.3 Å². The van der Waals surface area contributed by atoms with Crippen molar-refractivity contribution in [2.24, 2.45) is 0 Å². The van der Waals surface area contributed by atoms with E-state index >= 15 is 0 Å². The van der Waals surface area contributed by atoms with Crippen molar-refractivity contribution < 1.29 is 4.79 Å². The zero-order valence-electron chi connectivity index (χ0n) is 12.3. The first-order valence-corrected chi connectivity index (χ1v) is 7.19. The standard InChI is InChI=1S/C15H14N6OS/c1-17-15(22)21(23)13-7-6-11-14(20-13)19-12(8-18-11)9-2-4-10(16)5-3-9/h2-8,23H,16H2,1H3,(H,17,22). The van der Waals surface area contributed by atoms with E-state index in [-0.39, 0.29) is 6.03 Å². The summed E-state index contributed by atoms with van der Waals surface area (Å²) in [7, 11) is 1.52. The Morgan fingerprint density at radius 3 is 2.61 bits per heavy atom. The van der Waals surface area contributed by atoms with Gasteiger partial charge >= 0.3 is 6.03 Å². The van der Waals surface area contributed by atoms with Gasteiger partial charge in [-0.1, -0.05) is 24.9 Å². The third-order valence-electron chi connectivity index (χ3n) is 3.22. The van der Waals surface area contributed by atoms with Gasteiger partial charge in [-0.3, -0.25) is 4.98 Å². The van der Waals surface area contributed by atoms with E-state index in [2.05, 4.69) is 33.1 Å². The van der Waals surface area contributed by atoms with Crippen LogP contribution < -0.4 is 15.4 Å². The molecular formula is C15H14N6OS. The fourth-order valence-corrected chi connectivity index (χ4v) is 2.22. The molecule has 0 unspecified atom stereocenters. The Kier molecular flexibility index (Phi) is 3.98. The third kappa shape index (κ3) is 3.02. The number of carbonyl (C=O) groups is 1. The number of nitrogen functional groups attached to an aromatic ring is 1. The maximum atomic E-state index is 11.6. The van der Waals surface area contributed by atoms with E-state index < -0.39 is 0 Å². The predicted octanol–water partition coefficient (Wildman–Crippen LogP) is 2.26. The minimum Gasteiger partial charge on any atom is -0.399 e. The molecule has 0 aliphatic heterocycles. The maximum absolute atomic E-state index is 11.6. The number of nitrogens with one attached hydrogen (secondary N) is 1. The summed E-state index contributed by atoms with van der Waals surface area (Å²) in [5.74, 6) is 0.365. The van der Waals surface area contributed by atoms with Gasteiger partial charge in [0.2, 0.25) is 0 Å². The second-order valence-corrected chi connectivity index (χ2v) is 5.16. The Labute approximate surface area is 138 Å². The number of amides is 2. The van der Waals surface area contributed by atoms with Crippen molar-refractivity contribution >= 4 is 41.5 Å². The Morgan fingerprint density at radius 2 is 1.91 bits per heavy atom. The van der Waals surface area contributed by atoms with Gasteiger partial charge in [-0.25, -0.2) is 19.1 Å². The van der Waals surface area contributed by atoms with E-state index in [0.29, 0.717) is 28.4 Å². The molecule has 2 amide bonds. The van der Waals surface area contributed by atoms with Crippen LogP contribution in [0.3, 0.4) is 0 Å². The molecule has 116 valence electrons. The topological polar surface area (TPSA) is 97.0 Å². The van der Waals surface area contributed by atoms with Crippen molar-refractivity contribution in [2.45, 2.75) is 0 Å². The zero-order chi connectivity index (χ0) is 16.4. The van der Waals surface area contributed by atoms with Gasteiger partial charge in [-0.15, -0.1) is 0 Å². The molecule has 3 aromatic rings. The summed E-state index contributed by atoms with van der Waals surface area (Å²) in [6.07, 6.45) is 1.67. The number of nitrogens with two attached hydrogens (primary N) is 1. The number of hydrogen-bond donors (Lipinski definition) is 3. The highest BCUT2D eigenvalue weighted by Gasteiger charge is 2.13. The summed E-state index contributed by atoms with van der Waals surface area (Å²) >= 11 is 4.12. The molecule has 7 nitrogen and oxygen atoms in total. The van der Waals surface area contributed by atoms with Crippen molar-refractivity contribution in [1.82, 2.24) is 20.3 Å². The molecule has 1 aromatic carbocycles. The predicted molar refractivity (Wildman–Crippen MR) is 93.1 cm³/mol. The highest BCUT2D eigenvalue weighted by molar-refractivity contribution is 7.82. The van der Waals surface area contributed by atoms with Gasteiger partial charge in [0.1, 0.15) is 11.3 Å². The monoisotopic (exact) mass is 326 g/mol. The first-order valence-electron chi connectivity index (χ1n) is 6.79. The van der Waals surface area contributed by atoms with Crippen LogP contribution >= 0.6 is 12.8 Å². The second-order valence-electron chi connectivity index (χ2n) is 4.76. The van der Waals surface area contributed by atoms with Crippen molar-refractivity contribution in [3.8, 4) is 11.3 Å². The van der Waals surface area contributed by atoms with Crippen LogP contribution in [-0.2, 0) is 0 Å². The van der Waals surface area contributed by atoms with Gasteiger partial charge in [-0.05, 0) is 24.3 Å². The van der Waals surface area contributed by atoms with Crippen LogP contribution in [0, 0.1) is 0 Å². The van der Waals surface area contributed by atoms with Crippen LogP contribution in [0.1, 0.15) is 0 Å². The first-order chi connectivity index (χ1) is 11.1. The molecule has 0 saturated carbocycles. The Morgan fingerprint density at radius 1 is 1.17 bits per heavy atom. The minimum atomic E-state index is -0.386. The van der Waals surface area contributed by atoms with E-state index in [1.54, 1.807) is 30.5 Å². The molecule has 0 atom stereocenters. The molecule has 2 aromatic heterocycles. The average molecular weight is 326 g/mol. The number of urea groups is 1. The van der Waals surface area contributed by atoms with Gasteiger partial charge in [0.15, 0.2) is 5.65 Å². The van der Waals surface area contributed by atoms with Crippen molar-refractivity contribution in [2.75, 3.05) is 17.1 Å². The van der Waals surface area contributed by atoms with Crippen molar-refractivity contribution in [3.63, 3.8) is 0 Å². The lowest BCUT2D eigenvalue weighted by atomic mass is 10.1. The Hall–Kier alpha value is -2.87. The second kappa shape index (κ2) is 6.09. The summed E-state index contributed by atoms with van der Waals surface area (Å²) in [4.78, 5) is 24.8. The van der Waals surface area contributed by atoms with E-state index in [9.17, 15) is 4.79 Å². The lowest BCUT2D eigenvalue weighted by Crippen LogP contribution is -2.31. The van der Waals surface area contributed by atoms with Crippen LogP contribution in [-0.4, -0.2) is 28.0 Å². The summed E-state index contributed by atoms with van der Waals surface area (Å²) < 4.78 is 1.11. The molecule has 3 N–H and O–H groups in total. The molecule has 0 fully saturated rings. The number of carbonyl (C=O) groups excluding carboxylic acids is 1. The van der Waals surface area contributed by atoms with E-state index in [1.165, 1.54) is 7.05 Å². The number of nitrogens with zero attached hydrogens (tertiary/aromatic N) is 4.